The Morgan fingerprint density at radius 3 is 2.42 bits per heavy atom. The monoisotopic (exact) mass is 383 g/mol. The van der Waals surface area contributed by atoms with Crippen LogP contribution in [0.2, 0.25) is 5.02 Å². The maximum Gasteiger partial charge on any atom is 0.205 e. The first-order valence-electron chi connectivity index (χ1n) is 7.57. The fourth-order valence-electron chi connectivity index (χ4n) is 2.35. The third-order valence-electron chi connectivity index (χ3n) is 3.72. The molecule has 0 amide bonds. The number of rotatable bonds is 5. The van der Waals surface area contributed by atoms with E-state index in [0.29, 0.717) is 26.2 Å². The molecule has 7 heteroatoms. The normalized spacial score (nSPS) is 10.2. The number of nitriles is 1. The standard InChI is InChI=1S/C19H14ClN3O2S/c1-25-14-8-2-11(3-9-14)17(24)18-16(22)15(10-21)19(26-18)23-13-6-4-12(20)5-7-13/h2-9,23H,22H2,1H3. The first-order chi connectivity index (χ1) is 12.5. The molecular formula is C19H14ClN3O2S. The molecule has 0 saturated heterocycles. The van der Waals surface area contributed by atoms with Crippen LogP contribution >= 0.6 is 22.9 Å². The van der Waals surface area contributed by atoms with Crippen LogP contribution < -0.4 is 15.8 Å². The molecule has 3 aromatic rings. The van der Waals surface area contributed by atoms with Crippen molar-refractivity contribution in [2.45, 2.75) is 0 Å². The molecule has 1 aromatic heterocycles. The van der Waals surface area contributed by atoms with Crippen molar-refractivity contribution in [1.82, 2.24) is 0 Å². The lowest BCUT2D eigenvalue weighted by molar-refractivity contribution is 0.104. The van der Waals surface area contributed by atoms with Gasteiger partial charge in [0.15, 0.2) is 0 Å². The lowest BCUT2D eigenvalue weighted by atomic mass is 10.1. The summed E-state index contributed by atoms with van der Waals surface area (Å²) in [7, 11) is 1.56. The number of thiophene rings is 1. The van der Waals surface area contributed by atoms with Gasteiger partial charge in [-0.05, 0) is 48.5 Å². The van der Waals surface area contributed by atoms with Gasteiger partial charge in [0.05, 0.1) is 12.8 Å². The Balaban J connectivity index is 1.95. The number of nitrogen functional groups attached to an aromatic ring is 1. The molecule has 0 fully saturated rings. The topological polar surface area (TPSA) is 88.1 Å². The molecule has 5 nitrogen and oxygen atoms in total. The maximum atomic E-state index is 12.8. The second kappa shape index (κ2) is 7.48. The highest BCUT2D eigenvalue weighted by molar-refractivity contribution is 7.19. The summed E-state index contributed by atoms with van der Waals surface area (Å²) in [5.41, 5.74) is 7.71. The summed E-state index contributed by atoms with van der Waals surface area (Å²) in [5, 5.41) is 13.7. The molecule has 3 N–H and O–H groups in total. The Labute approximate surface area is 159 Å². The molecule has 26 heavy (non-hydrogen) atoms. The van der Waals surface area contributed by atoms with E-state index in [4.69, 9.17) is 22.1 Å². The van der Waals surface area contributed by atoms with Crippen molar-refractivity contribution in [3.8, 4) is 11.8 Å². The predicted molar refractivity (Wildman–Crippen MR) is 105 cm³/mol. The number of carbonyl (C=O) groups excluding carboxylic acids is 1. The molecule has 2 aromatic carbocycles. The van der Waals surface area contributed by atoms with Gasteiger partial charge in [-0.2, -0.15) is 5.26 Å². The molecule has 0 aliphatic carbocycles. The van der Waals surface area contributed by atoms with Gasteiger partial charge in [-0.25, -0.2) is 0 Å². The number of hydrogen-bond acceptors (Lipinski definition) is 6. The molecule has 0 aliphatic rings. The predicted octanol–water partition coefficient (Wildman–Crippen LogP) is 4.84. The molecule has 0 saturated carbocycles. The van der Waals surface area contributed by atoms with Crippen LogP contribution in [0, 0.1) is 11.3 Å². The zero-order chi connectivity index (χ0) is 18.7. The molecule has 0 radical (unpaired) electrons. The minimum Gasteiger partial charge on any atom is -0.497 e. The fourth-order valence-corrected chi connectivity index (χ4v) is 3.53. The van der Waals surface area contributed by atoms with Crippen molar-refractivity contribution in [3.63, 3.8) is 0 Å². The lowest BCUT2D eigenvalue weighted by Gasteiger charge is -2.04. The van der Waals surface area contributed by atoms with Crippen molar-refractivity contribution < 1.29 is 9.53 Å². The van der Waals surface area contributed by atoms with Gasteiger partial charge in [0, 0.05) is 16.3 Å². The Kier molecular flexibility index (Phi) is 5.12. The number of carbonyl (C=O) groups is 1. The van der Waals surface area contributed by atoms with Gasteiger partial charge in [0.1, 0.15) is 27.3 Å². The quantitative estimate of drug-likeness (QED) is 0.615. The Morgan fingerprint density at radius 2 is 1.85 bits per heavy atom. The second-order valence-electron chi connectivity index (χ2n) is 5.35. The molecule has 0 atom stereocenters. The van der Waals surface area contributed by atoms with Crippen LogP contribution in [0.1, 0.15) is 20.8 Å². The molecule has 0 unspecified atom stereocenters. The number of benzene rings is 2. The average Bonchev–Trinajstić information content (AvgIpc) is 2.98. The van der Waals surface area contributed by atoms with Crippen LogP contribution in [0.4, 0.5) is 16.4 Å². The van der Waals surface area contributed by atoms with E-state index in [1.807, 2.05) is 0 Å². The number of hydrogen-bond donors (Lipinski definition) is 2. The minimum atomic E-state index is -0.240. The molecular weight excluding hydrogens is 370 g/mol. The Morgan fingerprint density at radius 1 is 1.19 bits per heavy atom. The van der Waals surface area contributed by atoms with Crippen LogP contribution in [0.5, 0.6) is 5.75 Å². The maximum absolute atomic E-state index is 12.8. The van der Waals surface area contributed by atoms with E-state index in [9.17, 15) is 10.1 Å². The summed E-state index contributed by atoms with van der Waals surface area (Å²) in [5.74, 6) is 0.416. The SMILES string of the molecule is COc1ccc(C(=O)c2sc(Nc3ccc(Cl)cc3)c(C#N)c2N)cc1. The minimum absolute atomic E-state index is 0.176. The average molecular weight is 384 g/mol. The highest BCUT2D eigenvalue weighted by Gasteiger charge is 2.22. The van der Waals surface area contributed by atoms with E-state index in [0.717, 1.165) is 17.0 Å². The molecule has 3 rings (SSSR count). The van der Waals surface area contributed by atoms with Gasteiger partial charge < -0.3 is 15.8 Å². The highest BCUT2D eigenvalue weighted by atomic mass is 35.5. The van der Waals surface area contributed by atoms with Crippen LogP contribution in [-0.2, 0) is 0 Å². The Hall–Kier alpha value is -3.01. The molecule has 0 spiro atoms. The van der Waals surface area contributed by atoms with Gasteiger partial charge in [0.25, 0.3) is 0 Å². The van der Waals surface area contributed by atoms with Gasteiger partial charge in [-0.3, -0.25) is 4.79 Å². The second-order valence-corrected chi connectivity index (χ2v) is 6.81. The van der Waals surface area contributed by atoms with Crippen molar-refractivity contribution >= 4 is 45.1 Å². The van der Waals surface area contributed by atoms with Crippen LogP contribution in [0.15, 0.2) is 48.5 Å². The highest BCUT2D eigenvalue weighted by Crippen LogP contribution is 2.38. The summed E-state index contributed by atoms with van der Waals surface area (Å²) in [6.45, 7) is 0. The van der Waals surface area contributed by atoms with Crippen LogP contribution in [-0.4, -0.2) is 12.9 Å². The third kappa shape index (κ3) is 3.49. The number of methoxy groups -OCH3 is 1. The van der Waals surface area contributed by atoms with E-state index in [1.165, 1.54) is 0 Å². The zero-order valence-corrected chi connectivity index (χ0v) is 15.3. The van der Waals surface area contributed by atoms with E-state index in [-0.39, 0.29) is 17.0 Å². The molecule has 0 aliphatic heterocycles. The van der Waals surface area contributed by atoms with Gasteiger partial charge in [0.2, 0.25) is 5.78 Å². The van der Waals surface area contributed by atoms with E-state index < -0.39 is 0 Å². The molecule has 0 bridgehead atoms. The Bertz CT molecular complexity index is 989. The number of ether oxygens (including phenoxy) is 1. The first-order valence-corrected chi connectivity index (χ1v) is 8.76. The lowest BCUT2D eigenvalue weighted by Crippen LogP contribution is -2.02. The number of nitrogens with one attached hydrogen (secondary N) is 1. The van der Waals surface area contributed by atoms with Crippen LogP contribution in [0.25, 0.3) is 0 Å². The summed E-state index contributed by atoms with van der Waals surface area (Å²) in [4.78, 5) is 13.1. The number of anilines is 3. The first kappa shape index (κ1) is 17.8. The number of halogens is 1. The van der Waals surface area contributed by atoms with E-state index >= 15 is 0 Å². The molecule has 130 valence electrons. The fraction of sp³-hybridized carbons (Fsp3) is 0.0526. The number of ketones is 1. The van der Waals surface area contributed by atoms with Crippen molar-refractivity contribution in [2.75, 3.05) is 18.2 Å². The largest absolute Gasteiger partial charge is 0.497 e. The third-order valence-corrected chi connectivity index (χ3v) is 5.09. The van der Waals surface area contributed by atoms with Gasteiger partial charge in [-0.15, -0.1) is 11.3 Å². The van der Waals surface area contributed by atoms with E-state index in [1.54, 1.807) is 55.6 Å². The zero-order valence-electron chi connectivity index (χ0n) is 13.7. The van der Waals surface area contributed by atoms with Crippen molar-refractivity contribution in [1.29, 1.82) is 5.26 Å². The van der Waals surface area contributed by atoms with Gasteiger partial charge in [-0.1, -0.05) is 11.6 Å². The summed E-state index contributed by atoms with van der Waals surface area (Å²) in [6, 6.07) is 15.8. The van der Waals surface area contributed by atoms with E-state index in [2.05, 4.69) is 11.4 Å². The number of nitrogens with two attached hydrogens (primary N) is 1. The van der Waals surface area contributed by atoms with Crippen molar-refractivity contribution in [3.05, 3.63) is 69.6 Å². The van der Waals surface area contributed by atoms with Crippen molar-refractivity contribution in [2.24, 2.45) is 0 Å². The molecule has 1 heterocycles. The summed E-state index contributed by atoms with van der Waals surface area (Å²) in [6.07, 6.45) is 0. The summed E-state index contributed by atoms with van der Waals surface area (Å²) < 4.78 is 5.10. The number of nitrogens with zero attached hydrogens (tertiary/aromatic N) is 1. The van der Waals surface area contributed by atoms with Crippen LogP contribution in [0.3, 0.4) is 0 Å². The van der Waals surface area contributed by atoms with Gasteiger partial charge >= 0.3 is 0 Å². The smallest absolute Gasteiger partial charge is 0.205 e. The summed E-state index contributed by atoms with van der Waals surface area (Å²) >= 11 is 7.03.